The summed E-state index contributed by atoms with van der Waals surface area (Å²) in [4.78, 5) is 3.87. The third-order valence-corrected chi connectivity index (χ3v) is 4.06. The number of pyridine rings is 1. The van der Waals surface area contributed by atoms with E-state index in [0.29, 0.717) is 11.6 Å². The van der Waals surface area contributed by atoms with Crippen molar-refractivity contribution in [3.05, 3.63) is 35.2 Å². The second kappa shape index (κ2) is 6.07. The molecule has 0 fully saturated rings. The van der Waals surface area contributed by atoms with Crippen LogP contribution in [-0.4, -0.2) is 21.8 Å². The summed E-state index contributed by atoms with van der Waals surface area (Å²) in [5.41, 5.74) is 1.16. The zero-order chi connectivity index (χ0) is 15.6. The summed E-state index contributed by atoms with van der Waals surface area (Å²) in [5, 5.41) is 8.76. The van der Waals surface area contributed by atoms with Gasteiger partial charge in [0.25, 0.3) is 0 Å². The van der Waals surface area contributed by atoms with E-state index >= 15 is 0 Å². The molecule has 0 aliphatic carbocycles. The van der Waals surface area contributed by atoms with Gasteiger partial charge in [-0.1, -0.05) is 11.8 Å². The van der Waals surface area contributed by atoms with Crippen LogP contribution in [0.15, 0.2) is 28.4 Å². The molecule has 114 valence electrons. The van der Waals surface area contributed by atoms with Gasteiger partial charge in [0.1, 0.15) is 10.1 Å². The maximum absolute atomic E-state index is 12.5. The average Bonchev–Trinajstić information content (AvgIpc) is 2.66. The van der Waals surface area contributed by atoms with E-state index in [9.17, 15) is 13.2 Å². The summed E-state index contributed by atoms with van der Waals surface area (Å²) < 4.78 is 39.2. The van der Waals surface area contributed by atoms with Crippen molar-refractivity contribution in [1.29, 1.82) is 0 Å². The Morgan fingerprint density at radius 2 is 2.05 bits per heavy atom. The van der Waals surface area contributed by atoms with Crippen molar-refractivity contribution in [3.8, 4) is 0 Å². The van der Waals surface area contributed by atoms with E-state index in [4.69, 9.17) is 0 Å². The van der Waals surface area contributed by atoms with Crippen molar-refractivity contribution < 1.29 is 13.2 Å². The van der Waals surface area contributed by atoms with Gasteiger partial charge >= 0.3 is 6.18 Å². The Morgan fingerprint density at radius 3 is 2.57 bits per heavy atom. The van der Waals surface area contributed by atoms with Crippen molar-refractivity contribution in [2.24, 2.45) is 7.05 Å². The average molecular weight is 316 g/mol. The number of rotatable bonds is 4. The lowest BCUT2D eigenvalue weighted by Gasteiger charge is -2.08. The molecule has 0 aliphatic heterocycles. The predicted octanol–water partition coefficient (Wildman–Crippen LogP) is 3.01. The van der Waals surface area contributed by atoms with Crippen LogP contribution >= 0.6 is 11.8 Å². The summed E-state index contributed by atoms with van der Waals surface area (Å²) in [5.74, 6) is 0. The van der Waals surface area contributed by atoms with E-state index in [1.807, 2.05) is 14.0 Å². The fourth-order valence-electron chi connectivity index (χ4n) is 1.90. The van der Waals surface area contributed by atoms with E-state index in [1.54, 1.807) is 11.7 Å². The molecule has 0 unspecified atom stereocenters. The maximum Gasteiger partial charge on any atom is 0.417 e. The molecule has 0 atom stereocenters. The molecule has 4 nitrogen and oxygen atoms in total. The van der Waals surface area contributed by atoms with Crippen LogP contribution in [0.25, 0.3) is 0 Å². The standard InChI is InChI=1S/C13H15F3N4S/c1-8-10(7-17-2)12(20(3)19-8)21-11-5-4-9(6-18-11)13(14,15)16/h4-6,17H,7H2,1-3H3. The number of alkyl halides is 3. The SMILES string of the molecule is CNCc1c(C)nn(C)c1Sc1ccc(C(F)(F)F)cn1. The molecule has 0 spiro atoms. The quantitative estimate of drug-likeness (QED) is 0.941. The number of aromatic nitrogens is 3. The van der Waals surface area contributed by atoms with Gasteiger partial charge in [0, 0.05) is 25.4 Å². The minimum atomic E-state index is -4.36. The highest BCUT2D eigenvalue weighted by Crippen LogP contribution is 2.33. The molecule has 2 heterocycles. The highest BCUT2D eigenvalue weighted by molar-refractivity contribution is 7.99. The monoisotopic (exact) mass is 316 g/mol. The first kappa shape index (κ1) is 15.8. The van der Waals surface area contributed by atoms with Gasteiger partial charge in [-0.15, -0.1) is 0 Å². The Kier molecular flexibility index (Phi) is 4.58. The van der Waals surface area contributed by atoms with Crippen molar-refractivity contribution >= 4 is 11.8 Å². The minimum Gasteiger partial charge on any atom is -0.316 e. The molecule has 21 heavy (non-hydrogen) atoms. The fourth-order valence-corrected chi connectivity index (χ4v) is 2.85. The molecular weight excluding hydrogens is 301 g/mol. The largest absolute Gasteiger partial charge is 0.417 e. The lowest BCUT2D eigenvalue weighted by molar-refractivity contribution is -0.137. The van der Waals surface area contributed by atoms with Crippen LogP contribution in [0.3, 0.4) is 0 Å². The molecule has 0 aliphatic rings. The molecule has 0 bridgehead atoms. The Hall–Kier alpha value is -1.54. The molecule has 0 saturated carbocycles. The number of hydrogen-bond donors (Lipinski definition) is 1. The Bertz CT molecular complexity index is 620. The van der Waals surface area contributed by atoms with Gasteiger partial charge in [-0.05, 0) is 26.1 Å². The van der Waals surface area contributed by atoms with Crippen LogP contribution in [0.2, 0.25) is 0 Å². The second-order valence-corrected chi connectivity index (χ2v) is 5.52. The number of hydrogen-bond acceptors (Lipinski definition) is 4. The molecule has 8 heteroatoms. The molecule has 0 aromatic carbocycles. The summed E-state index contributed by atoms with van der Waals surface area (Å²) in [6.07, 6.45) is -3.51. The van der Waals surface area contributed by atoms with Crippen molar-refractivity contribution in [1.82, 2.24) is 20.1 Å². The topological polar surface area (TPSA) is 42.7 Å². The lowest BCUT2D eigenvalue weighted by Crippen LogP contribution is -2.07. The van der Waals surface area contributed by atoms with Gasteiger partial charge in [-0.2, -0.15) is 18.3 Å². The third kappa shape index (κ3) is 3.56. The molecule has 2 rings (SSSR count). The molecule has 2 aromatic heterocycles. The Balaban J connectivity index is 2.26. The summed E-state index contributed by atoms with van der Waals surface area (Å²) >= 11 is 1.30. The van der Waals surface area contributed by atoms with Crippen molar-refractivity contribution in [2.75, 3.05) is 7.05 Å². The smallest absolute Gasteiger partial charge is 0.316 e. The zero-order valence-electron chi connectivity index (χ0n) is 11.8. The van der Waals surface area contributed by atoms with Crippen LogP contribution in [0.5, 0.6) is 0 Å². The van der Waals surface area contributed by atoms with Crippen LogP contribution < -0.4 is 5.32 Å². The van der Waals surface area contributed by atoms with Gasteiger partial charge in [-0.3, -0.25) is 4.68 Å². The first-order valence-corrected chi connectivity index (χ1v) is 7.02. The van der Waals surface area contributed by atoms with E-state index in [2.05, 4.69) is 15.4 Å². The molecule has 2 aromatic rings. The summed E-state index contributed by atoms with van der Waals surface area (Å²) in [6, 6.07) is 2.41. The summed E-state index contributed by atoms with van der Waals surface area (Å²) in [6.45, 7) is 2.54. The molecular formula is C13H15F3N4S. The molecule has 0 amide bonds. The fraction of sp³-hybridized carbons (Fsp3) is 0.385. The second-order valence-electron chi connectivity index (χ2n) is 4.51. The predicted molar refractivity (Wildman–Crippen MR) is 74.1 cm³/mol. The zero-order valence-corrected chi connectivity index (χ0v) is 12.6. The van der Waals surface area contributed by atoms with Crippen LogP contribution in [0.4, 0.5) is 13.2 Å². The minimum absolute atomic E-state index is 0.503. The molecule has 0 radical (unpaired) electrons. The van der Waals surface area contributed by atoms with Crippen LogP contribution in [0.1, 0.15) is 16.8 Å². The number of halogens is 3. The molecule has 0 saturated heterocycles. The lowest BCUT2D eigenvalue weighted by atomic mass is 10.3. The summed E-state index contributed by atoms with van der Waals surface area (Å²) in [7, 11) is 3.63. The van der Waals surface area contributed by atoms with Crippen LogP contribution in [-0.2, 0) is 19.8 Å². The Labute approximate surface area is 124 Å². The van der Waals surface area contributed by atoms with E-state index in [1.165, 1.54) is 17.8 Å². The number of aryl methyl sites for hydroxylation is 2. The first-order chi connectivity index (χ1) is 9.82. The van der Waals surface area contributed by atoms with Crippen LogP contribution in [0, 0.1) is 6.92 Å². The van der Waals surface area contributed by atoms with Crippen molar-refractivity contribution in [3.63, 3.8) is 0 Å². The maximum atomic E-state index is 12.5. The Morgan fingerprint density at radius 1 is 1.33 bits per heavy atom. The van der Waals surface area contributed by atoms with Gasteiger partial charge in [0.2, 0.25) is 0 Å². The van der Waals surface area contributed by atoms with E-state index < -0.39 is 11.7 Å². The van der Waals surface area contributed by atoms with Gasteiger partial charge in [0.15, 0.2) is 0 Å². The first-order valence-electron chi connectivity index (χ1n) is 6.21. The van der Waals surface area contributed by atoms with E-state index in [0.717, 1.165) is 28.5 Å². The van der Waals surface area contributed by atoms with E-state index in [-0.39, 0.29) is 0 Å². The number of nitrogens with zero attached hydrogens (tertiary/aromatic N) is 3. The highest BCUT2D eigenvalue weighted by atomic mass is 32.2. The van der Waals surface area contributed by atoms with Gasteiger partial charge < -0.3 is 5.32 Å². The molecule has 1 N–H and O–H groups in total. The number of nitrogens with one attached hydrogen (secondary N) is 1. The normalized spacial score (nSPS) is 11.9. The van der Waals surface area contributed by atoms with Gasteiger partial charge in [0.05, 0.1) is 11.3 Å². The van der Waals surface area contributed by atoms with Gasteiger partial charge in [-0.25, -0.2) is 4.98 Å². The highest BCUT2D eigenvalue weighted by Gasteiger charge is 2.30. The third-order valence-electron chi connectivity index (χ3n) is 2.91. The van der Waals surface area contributed by atoms with Crippen molar-refractivity contribution in [2.45, 2.75) is 29.7 Å².